The van der Waals surface area contributed by atoms with E-state index in [4.69, 9.17) is 11.6 Å². The molecule has 0 radical (unpaired) electrons. The fourth-order valence-electron chi connectivity index (χ4n) is 2.05. The van der Waals surface area contributed by atoms with E-state index in [-0.39, 0.29) is 0 Å². The summed E-state index contributed by atoms with van der Waals surface area (Å²) >= 11 is 6.21. The molecule has 0 spiro atoms. The van der Waals surface area contributed by atoms with Crippen LogP contribution in [0.5, 0.6) is 0 Å². The molecule has 1 unspecified atom stereocenters. The van der Waals surface area contributed by atoms with Crippen molar-refractivity contribution in [1.29, 1.82) is 0 Å². The fraction of sp³-hybridized carbons (Fsp3) is 0.250. The van der Waals surface area contributed by atoms with Crippen LogP contribution in [0.3, 0.4) is 0 Å². The van der Waals surface area contributed by atoms with Gasteiger partial charge in [0.15, 0.2) is 0 Å². The second kappa shape index (κ2) is 5.55. The normalized spacial score (nSPS) is 12.4. The van der Waals surface area contributed by atoms with Gasteiger partial charge in [-0.25, -0.2) is 0 Å². The Morgan fingerprint density at radius 1 is 1.11 bits per heavy atom. The van der Waals surface area contributed by atoms with E-state index in [2.05, 4.69) is 48.6 Å². The summed E-state index contributed by atoms with van der Waals surface area (Å²) in [5, 5.41) is 4.10. The lowest BCUT2D eigenvalue weighted by Gasteiger charge is -2.16. The number of aryl methyl sites for hydroxylation is 1. The summed E-state index contributed by atoms with van der Waals surface area (Å²) < 4.78 is 0. The Bertz CT molecular complexity index is 549. The first-order valence-corrected chi connectivity index (χ1v) is 6.54. The number of nitrogens with one attached hydrogen (secondary N) is 1. The van der Waals surface area contributed by atoms with Gasteiger partial charge in [0.2, 0.25) is 0 Å². The zero-order valence-corrected chi connectivity index (χ0v) is 11.8. The molecule has 2 aromatic carbocycles. The van der Waals surface area contributed by atoms with Crippen molar-refractivity contribution in [2.75, 3.05) is 7.05 Å². The fourth-order valence-corrected chi connectivity index (χ4v) is 2.23. The lowest BCUT2D eigenvalue weighted by Crippen LogP contribution is -2.13. The van der Waals surface area contributed by atoms with Gasteiger partial charge in [-0.1, -0.05) is 48.0 Å². The molecule has 0 aliphatic heterocycles. The topological polar surface area (TPSA) is 12.0 Å². The smallest absolute Gasteiger partial charge is 0.0441 e. The molecule has 0 aromatic heterocycles. The van der Waals surface area contributed by atoms with Crippen molar-refractivity contribution in [2.45, 2.75) is 19.9 Å². The third kappa shape index (κ3) is 2.58. The van der Waals surface area contributed by atoms with Crippen LogP contribution >= 0.6 is 11.6 Å². The number of halogens is 1. The molecule has 2 aromatic rings. The quantitative estimate of drug-likeness (QED) is 0.850. The van der Waals surface area contributed by atoms with Gasteiger partial charge in [0.1, 0.15) is 0 Å². The van der Waals surface area contributed by atoms with E-state index < -0.39 is 0 Å². The third-order valence-electron chi connectivity index (χ3n) is 3.34. The van der Waals surface area contributed by atoms with Gasteiger partial charge in [-0.3, -0.25) is 0 Å². The highest BCUT2D eigenvalue weighted by Crippen LogP contribution is 2.30. The van der Waals surface area contributed by atoms with Crippen molar-refractivity contribution < 1.29 is 0 Å². The van der Waals surface area contributed by atoms with Crippen LogP contribution in [0.4, 0.5) is 0 Å². The van der Waals surface area contributed by atoms with Crippen LogP contribution in [0.1, 0.15) is 24.1 Å². The van der Waals surface area contributed by atoms with Gasteiger partial charge in [0, 0.05) is 11.1 Å². The summed E-state index contributed by atoms with van der Waals surface area (Å²) in [6.07, 6.45) is 0. The third-order valence-corrected chi connectivity index (χ3v) is 3.75. The van der Waals surface area contributed by atoms with Crippen LogP contribution in [0.25, 0.3) is 11.1 Å². The van der Waals surface area contributed by atoms with E-state index in [1.807, 2.05) is 20.0 Å². The molecule has 2 rings (SSSR count). The minimum Gasteiger partial charge on any atom is -0.313 e. The number of hydrogen-bond acceptors (Lipinski definition) is 1. The second-order valence-corrected chi connectivity index (χ2v) is 4.97. The highest BCUT2D eigenvalue weighted by Gasteiger charge is 2.10. The molecule has 0 amide bonds. The molecule has 1 N–H and O–H groups in total. The predicted molar refractivity (Wildman–Crippen MR) is 79.1 cm³/mol. The summed E-state index contributed by atoms with van der Waals surface area (Å²) in [5.41, 5.74) is 4.81. The van der Waals surface area contributed by atoms with Crippen molar-refractivity contribution >= 4 is 11.6 Å². The van der Waals surface area contributed by atoms with Crippen molar-refractivity contribution in [3.05, 3.63) is 58.6 Å². The SMILES string of the molecule is CNC(C)c1ccccc1-c1ccc(C)c(Cl)c1. The van der Waals surface area contributed by atoms with Crippen LogP contribution in [0, 0.1) is 6.92 Å². The molecule has 0 fully saturated rings. The van der Waals surface area contributed by atoms with Gasteiger partial charge in [-0.15, -0.1) is 0 Å². The summed E-state index contributed by atoms with van der Waals surface area (Å²) in [7, 11) is 1.98. The van der Waals surface area contributed by atoms with Crippen molar-refractivity contribution in [1.82, 2.24) is 5.32 Å². The molecule has 0 saturated carbocycles. The molecule has 1 atom stereocenters. The van der Waals surface area contributed by atoms with Gasteiger partial charge in [-0.05, 0) is 49.2 Å². The highest BCUT2D eigenvalue weighted by molar-refractivity contribution is 6.31. The Morgan fingerprint density at radius 2 is 1.83 bits per heavy atom. The first-order valence-electron chi connectivity index (χ1n) is 6.16. The summed E-state index contributed by atoms with van der Waals surface area (Å²) in [6.45, 7) is 4.18. The maximum absolute atomic E-state index is 6.21. The van der Waals surface area contributed by atoms with Gasteiger partial charge < -0.3 is 5.32 Å². The minimum absolute atomic E-state index is 0.321. The lowest BCUT2D eigenvalue weighted by atomic mass is 9.95. The molecule has 18 heavy (non-hydrogen) atoms. The molecule has 1 nitrogen and oxygen atoms in total. The summed E-state index contributed by atoms with van der Waals surface area (Å²) in [5.74, 6) is 0. The number of hydrogen-bond donors (Lipinski definition) is 1. The molecule has 0 saturated heterocycles. The Labute approximate surface area is 114 Å². The van der Waals surface area contributed by atoms with E-state index in [0.717, 1.165) is 10.6 Å². The number of rotatable bonds is 3. The first kappa shape index (κ1) is 13.1. The summed E-state index contributed by atoms with van der Waals surface area (Å²) in [6, 6.07) is 15.0. The molecule has 0 aliphatic carbocycles. The monoisotopic (exact) mass is 259 g/mol. The molecule has 94 valence electrons. The van der Waals surface area contributed by atoms with E-state index in [9.17, 15) is 0 Å². The van der Waals surface area contributed by atoms with Crippen LogP contribution < -0.4 is 5.32 Å². The standard InChI is InChI=1S/C16H18ClN/c1-11-8-9-13(10-16(11)17)15-7-5-4-6-14(15)12(2)18-3/h4-10,12,18H,1-3H3. The Kier molecular flexibility index (Phi) is 4.05. The van der Waals surface area contributed by atoms with Gasteiger partial charge in [-0.2, -0.15) is 0 Å². The van der Waals surface area contributed by atoms with Crippen LogP contribution in [-0.2, 0) is 0 Å². The van der Waals surface area contributed by atoms with E-state index in [0.29, 0.717) is 6.04 Å². The zero-order valence-electron chi connectivity index (χ0n) is 11.0. The average molecular weight is 260 g/mol. The predicted octanol–water partition coefficient (Wildman–Crippen LogP) is 4.60. The van der Waals surface area contributed by atoms with Crippen LogP contribution in [0.15, 0.2) is 42.5 Å². The molecule has 0 aliphatic rings. The molecule has 0 heterocycles. The molecular formula is C16H18ClN. The van der Waals surface area contributed by atoms with Gasteiger partial charge in [0.25, 0.3) is 0 Å². The zero-order chi connectivity index (χ0) is 13.1. The van der Waals surface area contributed by atoms with Gasteiger partial charge in [0.05, 0.1) is 0 Å². The van der Waals surface area contributed by atoms with Gasteiger partial charge >= 0.3 is 0 Å². The van der Waals surface area contributed by atoms with Crippen LogP contribution in [0.2, 0.25) is 5.02 Å². The number of benzene rings is 2. The largest absolute Gasteiger partial charge is 0.313 e. The van der Waals surface area contributed by atoms with E-state index in [1.54, 1.807) is 0 Å². The molecule has 0 bridgehead atoms. The Balaban J connectivity index is 2.53. The van der Waals surface area contributed by atoms with E-state index >= 15 is 0 Å². The van der Waals surface area contributed by atoms with Crippen molar-refractivity contribution in [2.24, 2.45) is 0 Å². The Morgan fingerprint density at radius 3 is 2.50 bits per heavy atom. The minimum atomic E-state index is 0.321. The lowest BCUT2D eigenvalue weighted by molar-refractivity contribution is 0.654. The molecular weight excluding hydrogens is 242 g/mol. The molecule has 2 heteroatoms. The van der Waals surface area contributed by atoms with Crippen LogP contribution in [-0.4, -0.2) is 7.05 Å². The average Bonchev–Trinajstić information content (AvgIpc) is 2.41. The first-order chi connectivity index (χ1) is 8.63. The van der Waals surface area contributed by atoms with E-state index in [1.165, 1.54) is 16.7 Å². The highest BCUT2D eigenvalue weighted by atomic mass is 35.5. The second-order valence-electron chi connectivity index (χ2n) is 4.56. The maximum atomic E-state index is 6.21. The Hall–Kier alpha value is -1.31. The van der Waals surface area contributed by atoms with Crippen molar-refractivity contribution in [3.8, 4) is 11.1 Å². The maximum Gasteiger partial charge on any atom is 0.0441 e. The summed E-state index contributed by atoms with van der Waals surface area (Å²) in [4.78, 5) is 0. The van der Waals surface area contributed by atoms with Crippen molar-refractivity contribution in [3.63, 3.8) is 0 Å².